The molecule has 0 bridgehead atoms. The SMILES string of the molecule is CC(C)(C)NCC(O)COc1ccc(OCCCO[N+](=O)[O-])cc1. The predicted octanol–water partition coefficient (Wildman–Crippen LogP) is 1.79. The number of aliphatic hydroxyl groups is 1. The molecule has 0 saturated heterocycles. The zero-order valence-electron chi connectivity index (χ0n) is 14.4. The Balaban J connectivity index is 2.23. The molecule has 0 aliphatic rings. The Morgan fingerprint density at radius 2 is 1.75 bits per heavy atom. The lowest BCUT2D eigenvalue weighted by molar-refractivity contribution is -0.757. The van der Waals surface area contributed by atoms with Crippen LogP contribution in [0.3, 0.4) is 0 Å². The molecule has 0 radical (unpaired) electrons. The highest BCUT2D eigenvalue weighted by molar-refractivity contribution is 5.31. The van der Waals surface area contributed by atoms with E-state index in [0.717, 1.165) is 0 Å². The van der Waals surface area contributed by atoms with Gasteiger partial charge in [0.25, 0.3) is 5.09 Å². The fourth-order valence-electron chi connectivity index (χ4n) is 1.70. The molecule has 1 aromatic rings. The van der Waals surface area contributed by atoms with Crippen LogP contribution in [0.25, 0.3) is 0 Å². The summed E-state index contributed by atoms with van der Waals surface area (Å²) in [7, 11) is 0. The van der Waals surface area contributed by atoms with E-state index in [1.165, 1.54) is 0 Å². The van der Waals surface area contributed by atoms with E-state index in [1.807, 2.05) is 20.8 Å². The average molecular weight is 342 g/mol. The maximum Gasteiger partial charge on any atom is 0.294 e. The lowest BCUT2D eigenvalue weighted by Gasteiger charge is -2.23. The van der Waals surface area contributed by atoms with Crippen molar-refractivity contribution in [3.63, 3.8) is 0 Å². The van der Waals surface area contributed by atoms with Gasteiger partial charge in [0.15, 0.2) is 0 Å². The average Bonchev–Trinajstić information content (AvgIpc) is 2.51. The van der Waals surface area contributed by atoms with Gasteiger partial charge in [0.1, 0.15) is 24.2 Å². The van der Waals surface area contributed by atoms with Crippen LogP contribution in [0.2, 0.25) is 0 Å². The fraction of sp³-hybridized carbons (Fsp3) is 0.625. The number of aliphatic hydroxyl groups excluding tert-OH is 1. The predicted molar refractivity (Wildman–Crippen MR) is 88.8 cm³/mol. The van der Waals surface area contributed by atoms with Crippen molar-refractivity contribution < 1.29 is 24.5 Å². The highest BCUT2D eigenvalue weighted by atomic mass is 16.9. The Morgan fingerprint density at radius 1 is 1.17 bits per heavy atom. The topological polar surface area (TPSA) is 103 Å². The van der Waals surface area contributed by atoms with Gasteiger partial charge in [0.2, 0.25) is 0 Å². The lowest BCUT2D eigenvalue weighted by atomic mass is 10.1. The molecular formula is C16H26N2O6. The smallest absolute Gasteiger partial charge is 0.294 e. The molecule has 0 aliphatic carbocycles. The highest BCUT2D eigenvalue weighted by Gasteiger charge is 2.12. The Bertz CT molecular complexity index is 486. The summed E-state index contributed by atoms with van der Waals surface area (Å²) in [6, 6.07) is 6.96. The van der Waals surface area contributed by atoms with Gasteiger partial charge in [-0.2, -0.15) is 0 Å². The Kier molecular flexibility index (Phi) is 8.28. The second-order valence-electron chi connectivity index (χ2n) is 6.33. The quantitative estimate of drug-likeness (QED) is 0.359. The van der Waals surface area contributed by atoms with Crippen molar-refractivity contribution >= 4 is 0 Å². The van der Waals surface area contributed by atoms with Crippen LogP contribution in [0.5, 0.6) is 11.5 Å². The largest absolute Gasteiger partial charge is 0.494 e. The van der Waals surface area contributed by atoms with Gasteiger partial charge in [-0.25, -0.2) is 0 Å². The van der Waals surface area contributed by atoms with Crippen molar-refractivity contribution in [3.8, 4) is 11.5 Å². The van der Waals surface area contributed by atoms with Crippen LogP contribution in [-0.2, 0) is 4.84 Å². The van der Waals surface area contributed by atoms with Crippen LogP contribution < -0.4 is 14.8 Å². The minimum Gasteiger partial charge on any atom is -0.494 e. The first-order chi connectivity index (χ1) is 11.3. The van der Waals surface area contributed by atoms with Crippen LogP contribution >= 0.6 is 0 Å². The summed E-state index contributed by atoms with van der Waals surface area (Å²) >= 11 is 0. The number of benzene rings is 1. The molecule has 2 N–H and O–H groups in total. The van der Waals surface area contributed by atoms with Crippen LogP contribution in [0.4, 0.5) is 0 Å². The van der Waals surface area contributed by atoms with Gasteiger partial charge < -0.3 is 24.7 Å². The molecule has 24 heavy (non-hydrogen) atoms. The molecule has 1 aromatic carbocycles. The summed E-state index contributed by atoms with van der Waals surface area (Å²) in [5, 5.41) is 22.2. The fourth-order valence-corrected chi connectivity index (χ4v) is 1.70. The molecule has 0 spiro atoms. The molecule has 0 saturated carbocycles. The van der Waals surface area contributed by atoms with Crippen LogP contribution in [0, 0.1) is 10.1 Å². The first-order valence-electron chi connectivity index (χ1n) is 7.82. The number of rotatable bonds is 11. The van der Waals surface area contributed by atoms with Crippen molar-refractivity contribution in [3.05, 3.63) is 34.4 Å². The van der Waals surface area contributed by atoms with E-state index >= 15 is 0 Å². The Labute approximate surface area is 141 Å². The van der Waals surface area contributed by atoms with Crippen molar-refractivity contribution in [1.82, 2.24) is 5.32 Å². The maximum atomic E-state index is 9.98. The van der Waals surface area contributed by atoms with Crippen LogP contribution in [-0.4, -0.2) is 48.2 Å². The summed E-state index contributed by atoms with van der Waals surface area (Å²) in [5.74, 6) is 1.27. The summed E-state index contributed by atoms with van der Waals surface area (Å²) in [6.07, 6.45) is -0.173. The number of nitrogens with one attached hydrogen (secondary N) is 1. The first-order valence-corrected chi connectivity index (χ1v) is 7.82. The van der Waals surface area contributed by atoms with E-state index in [9.17, 15) is 15.2 Å². The van der Waals surface area contributed by atoms with E-state index in [4.69, 9.17) is 9.47 Å². The first kappa shape index (κ1) is 20.0. The zero-order chi connectivity index (χ0) is 18.0. The maximum absolute atomic E-state index is 9.98. The molecule has 0 aromatic heterocycles. The summed E-state index contributed by atoms with van der Waals surface area (Å²) in [6.45, 7) is 7.08. The van der Waals surface area contributed by atoms with E-state index in [0.29, 0.717) is 31.1 Å². The van der Waals surface area contributed by atoms with E-state index < -0.39 is 11.2 Å². The second kappa shape index (κ2) is 9.94. The van der Waals surface area contributed by atoms with E-state index in [2.05, 4.69) is 10.2 Å². The lowest BCUT2D eigenvalue weighted by Crippen LogP contribution is -2.42. The number of ether oxygens (including phenoxy) is 2. The molecule has 1 rings (SSSR count). The third-order valence-electron chi connectivity index (χ3n) is 2.89. The molecule has 0 heterocycles. The van der Waals surface area contributed by atoms with Gasteiger partial charge in [-0.05, 0) is 45.0 Å². The van der Waals surface area contributed by atoms with E-state index in [1.54, 1.807) is 24.3 Å². The van der Waals surface area contributed by atoms with Crippen molar-refractivity contribution in [2.75, 3.05) is 26.4 Å². The molecular weight excluding hydrogens is 316 g/mol. The highest BCUT2D eigenvalue weighted by Crippen LogP contribution is 2.18. The summed E-state index contributed by atoms with van der Waals surface area (Å²) in [5.41, 5.74) is -0.0509. The van der Waals surface area contributed by atoms with Crippen LogP contribution in [0.15, 0.2) is 24.3 Å². The normalized spacial score (nSPS) is 12.5. The molecule has 0 fully saturated rings. The van der Waals surface area contributed by atoms with Crippen molar-refractivity contribution in [2.45, 2.75) is 38.8 Å². The summed E-state index contributed by atoms with van der Waals surface area (Å²) in [4.78, 5) is 14.2. The standard InChI is InChI=1S/C16H26N2O6/c1-16(2,3)17-11-13(19)12-23-15-7-5-14(6-8-15)22-9-4-10-24-18(20)21/h5-8,13,17,19H,4,9-12H2,1-3H3. The number of hydrogen-bond donors (Lipinski definition) is 2. The number of β-amino-alcohol motifs (C(OH)–C–C–N with tert-alkyl or cyclic N) is 1. The second-order valence-corrected chi connectivity index (χ2v) is 6.33. The molecule has 0 amide bonds. The van der Waals surface area contributed by atoms with Gasteiger partial charge >= 0.3 is 0 Å². The Hall–Kier alpha value is -2.06. The molecule has 8 heteroatoms. The van der Waals surface area contributed by atoms with Crippen LogP contribution in [0.1, 0.15) is 27.2 Å². The molecule has 136 valence electrons. The third-order valence-corrected chi connectivity index (χ3v) is 2.89. The molecule has 1 unspecified atom stereocenters. The van der Waals surface area contributed by atoms with Gasteiger partial charge in [0.05, 0.1) is 13.2 Å². The number of hydrogen-bond acceptors (Lipinski definition) is 7. The van der Waals surface area contributed by atoms with Crippen molar-refractivity contribution in [1.29, 1.82) is 0 Å². The van der Waals surface area contributed by atoms with Crippen molar-refractivity contribution in [2.24, 2.45) is 0 Å². The molecule has 1 atom stereocenters. The molecule has 0 aliphatic heterocycles. The molecule has 8 nitrogen and oxygen atoms in total. The minimum absolute atomic E-state index is 0.00862. The monoisotopic (exact) mass is 342 g/mol. The van der Waals surface area contributed by atoms with Gasteiger partial charge in [0, 0.05) is 18.5 Å². The number of nitrogens with zero attached hydrogens (tertiary/aromatic N) is 1. The van der Waals surface area contributed by atoms with Gasteiger partial charge in [-0.15, -0.1) is 10.1 Å². The van der Waals surface area contributed by atoms with Gasteiger partial charge in [-0.3, -0.25) is 0 Å². The zero-order valence-corrected chi connectivity index (χ0v) is 14.4. The Morgan fingerprint density at radius 3 is 2.29 bits per heavy atom. The van der Waals surface area contributed by atoms with Gasteiger partial charge in [-0.1, -0.05) is 0 Å². The minimum atomic E-state index is -0.822. The third kappa shape index (κ3) is 9.86. The van der Waals surface area contributed by atoms with E-state index in [-0.39, 0.29) is 18.8 Å². The summed E-state index contributed by atoms with van der Waals surface area (Å²) < 4.78 is 10.9.